The number of piperidine rings is 1. The van der Waals surface area contributed by atoms with E-state index in [-0.39, 0.29) is 23.8 Å². The van der Waals surface area contributed by atoms with Gasteiger partial charge in [-0.05, 0) is 37.7 Å². The number of benzene rings is 1. The van der Waals surface area contributed by atoms with Crippen molar-refractivity contribution in [3.63, 3.8) is 0 Å². The van der Waals surface area contributed by atoms with Crippen LogP contribution in [-0.4, -0.2) is 33.5 Å². The highest BCUT2D eigenvalue weighted by Gasteiger charge is 2.39. The number of amides is 2. The number of aromatic nitrogens is 2. The van der Waals surface area contributed by atoms with Crippen molar-refractivity contribution in [1.82, 2.24) is 14.7 Å². The van der Waals surface area contributed by atoms with E-state index in [0.29, 0.717) is 12.8 Å². The third-order valence-corrected chi connectivity index (χ3v) is 5.66. The van der Waals surface area contributed by atoms with Gasteiger partial charge in [0.25, 0.3) is 0 Å². The molecule has 27 heavy (non-hydrogen) atoms. The average molecular weight is 366 g/mol. The van der Waals surface area contributed by atoms with Crippen molar-refractivity contribution in [1.29, 1.82) is 0 Å². The summed E-state index contributed by atoms with van der Waals surface area (Å²) in [5, 5.41) is 7.36. The summed E-state index contributed by atoms with van der Waals surface area (Å²) >= 11 is 0. The molecule has 0 spiro atoms. The molecule has 0 bridgehead atoms. The molecular weight excluding hydrogens is 340 g/mol. The molecule has 1 saturated carbocycles. The number of nitrogens with one attached hydrogen (secondary N) is 1. The van der Waals surface area contributed by atoms with Crippen LogP contribution in [-0.2, 0) is 16.1 Å². The molecular formula is C21H26N4O2. The zero-order valence-corrected chi connectivity index (χ0v) is 15.9. The zero-order valence-electron chi connectivity index (χ0n) is 15.9. The van der Waals surface area contributed by atoms with Crippen LogP contribution in [0.25, 0.3) is 0 Å². The van der Waals surface area contributed by atoms with Crippen LogP contribution in [0.15, 0.2) is 36.7 Å². The maximum atomic E-state index is 13.0. The molecule has 1 N–H and O–H groups in total. The van der Waals surface area contributed by atoms with Crippen molar-refractivity contribution in [2.45, 2.75) is 45.2 Å². The number of likely N-dealkylation sites (tertiary alicyclic amines) is 1. The number of hydrogen-bond donors (Lipinski definition) is 1. The highest BCUT2D eigenvalue weighted by molar-refractivity contribution is 5.94. The second-order valence-corrected chi connectivity index (χ2v) is 7.89. The maximum Gasteiger partial charge on any atom is 0.230 e. The Labute approximate surface area is 159 Å². The molecule has 2 aromatic rings. The van der Waals surface area contributed by atoms with Crippen LogP contribution in [0.3, 0.4) is 0 Å². The van der Waals surface area contributed by atoms with E-state index in [1.807, 2.05) is 42.1 Å². The predicted molar refractivity (Wildman–Crippen MR) is 103 cm³/mol. The van der Waals surface area contributed by atoms with Gasteiger partial charge < -0.3 is 10.2 Å². The van der Waals surface area contributed by atoms with Gasteiger partial charge in [0.1, 0.15) is 0 Å². The van der Waals surface area contributed by atoms with Gasteiger partial charge >= 0.3 is 0 Å². The Morgan fingerprint density at radius 3 is 2.67 bits per heavy atom. The van der Waals surface area contributed by atoms with Crippen LogP contribution < -0.4 is 5.32 Å². The molecule has 1 saturated heterocycles. The highest BCUT2D eigenvalue weighted by Crippen LogP contribution is 2.36. The van der Waals surface area contributed by atoms with Crippen LogP contribution >= 0.6 is 0 Å². The van der Waals surface area contributed by atoms with Crippen LogP contribution in [0.2, 0.25) is 0 Å². The average Bonchev–Trinajstić information content (AvgIpc) is 3.36. The minimum Gasteiger partial charge on any atom is -0.338 e. The third-order valence-electron chi connectivity index (χ3n) is 5.66. The van der Waals surface area contributed by atoms with Crippen LogP contribution in [0.1, 0.15) is 42.9 Å². The predicted octanol–water partition coefficient (Wildman–Crippen LogP) is 3.15. The molecule has 2 fully saturated rings. The van der Waals surface area contributed by atoms with Crippen LogP contribution in [0, 0.1) is 18.8 Å². The fraction of sp³-hybridized carbons (Fsp3) is 0.476. The minimum atomic E-state index is -0.276. The SMILES string of the molecule is Cc1ccc(C2C(C(=O)Nc3cnn(CC4CC4)c3)CCC(=O)N2C)cc1. The second kappa shape index (κ2) is 7.18. The molecule has 1 aromatic carbocycles. The summed E-state index contributed by atoms with van der Waals surface area (Å²) in [5.41, 5.74) is 2.89. The van der Waals surface area contributed by atoms with Crippen LogP contribution in [0.5, 0.6) is 0 Å². The lowest BCUT2D eigenvalue weighted by molar-refractivity contribution is -0.140. The summed E-state index contributed by atoms with van der Waals surface area (Å²) in [7, 11) is 1.79. The fourth-order valence-electron chi connectivity index (χ4n) is 3.86. The van der Waals surface area contributed by atoms with Gasteiger partial charge in [0.2, 0.25) is 11.8 Å². The molecule has 6 nitrogen and oxygen atoms in total. The standard InChI is InChI=1S/C21H26N4O2/c1-14-3-7-16(8-4-14)20-18(9-10-19(26)24(20)2)21(27)23-17-11-22-25(13-17)12-15-5-6-15/h3-4,7-8,11,13,15,18,20H,5-6,9-10,12H2,1-2H3,(H,23,27). The van der Waals surface area contributed by atoms with Gasteiger partial charge in [0.15, 0.2) is 0 Å². The number of hydrogen-bond acceptors (Lipinski definition) is 3. The fourth-order valence-corrected chi connectivity index (χ4v) is 3.86. The Morgan fingerprint density at radius 2 is 1.96 bits per heavy atom. The number of aryl methyl sites for hydroxylation is 1. The first kappa shape index (κ1) is 17.8. The first-order chi connectivity index (χ1) is 13.0. The number of anilines is 1. The van der Waals surface area contributed by atoms with Crippen molar-refractivity contribution in [2.24, 2.45) is 11.8 Å². The molecule has 2 amide bonds. The van der Waals surface area contributed by atoms with E-state index < -0.39 is 0 Å². The van der Waals surface area contributed by atoms with Gasteiger partial charge in [0.05, 0.1) is 23.8 Å². The van der Waals surface area contributed by atoms with Crippen LogP contribution in [0.4, 0.5) is 5.69 Å². The summed E-state index contributed by atoms with van der Waals surface area (Å²) in [6.45, 7) is 2.95. The molecule has 1 aliphatic heterocycles. The van der Waals surface area contributed by atoms with Gasteiger partial charge in [-0.1, -0.05) is 29.8 Å². The Morgan fingerprint density at radius 1 is 1.22 bits per heavy atom. The lowest BCUT2D eigenvalue weighted by Crippen LogP contribution is -2.44. The number of carbonyl (C=O) groups is 2. The Hall–Kier alpha value is -2.63. The quantitative estimate of drug-likeness (QED) is 0.884. The normalized spacial score (nSPS) is 22.7. The Bertz CT molecular complexity index is 838. The lowest BCUT2D eigenvalue weighted by Gasteiger charge is -2.38. The maximum absolute atomic E-state index is 13.0. The first-order valence-electron chi connectivity index (χ1n) is 9.67. The molecule has 6 heteroatoms. The molecule has 1 aliphatic carbocycles. The topological polar surface area (TPSA) is 67.2 Å². The van der Waals surface area contributed by atoms with Gasteiger partial charge in [-0.25, -0.2) is 0 Å². The monoisotopic (exact) mass is 366 g/mol. The summed E-state index contributed by atoms with van der Waals surface area (Å²) in [4.78, 5) is 27.0. The zero-order chi connectivity index (χ0) is 19.0. The molecule has 2 unspecified atom stereocenters. The summed E-state index contributed by atoms with van der Waals surface area (Å²) in [6.07, 6.45) is 7.10. The molecule has 2 aliphatic rings. The third kappa shape index (κ3) is 3.89. The van der Waals surface area contributed by atoms with E-state index in [0.717, 1.165) is 29.3 Å². The summed E-state index contributed by atoms with van der Waals surface area (Å²) in [6, 6.07) is 7.85. The Balaban J connectivity index is 1.51. The van der Waals surface area contributed by atoms with E-state index in [4.69, 9.17) is 0 Å². The van der Waals surface area contributed by atoms with E-state index in [9.17, 15) is 9.59 Å². The van der Waals surface area contributed by atoms with Gasteiger partial charge in [-0.15, -0.1) is 0 Å². The molecule has 142 valence electrons. The largest absolute Gasteiger partial charge is 0.338 e. The molecule has 0 radical (unpaired) electrons. The van der Waals surface area contributed by atoms with Crippen molar-refractivity contribution < 1.29 is 9.59 Å². The first-order valence-corrected chi connectivity index (χ1v) is 9.67. The molecule has 4 rings (SSSR count). The van der Waals surface area contributed by atoms with E-state index >= 15 is 0 Å². The second-order valence-electron chi connectivity index (χ2n) is 7.89. The number of nitrogens with zero attached hydrogens (tertiary/aromatic N) is 3. The van der Waals surface area contributed by atoms with Gasteiger partial charge in [-0.3, -0.25) is 14.3 Å². The van der Waals surface area contributed by atoms with Crippen molar-refractivity contribution in [3.8, 4) is 0 Å². The smallest absolute Gasteiger partial charge is 0.230 e. The number of rotatable bonds is 5. The van der Waals surface area contributed by atoms with Gasteiger partial charge in [-0.2, -0.15) is 5.10 Å². The van der Waals surface area contributed by atoms with Crippen molar-refractivity contribution in [2.75, 3.05) is 12.4 Å². The van der Waals surface area contributed by atoms with E-state index in [2.05, 4.69) is 10.4 Å². The molecule has 2 atom stereocenters. The molecule has 1 aromatic heterocycles. The summed E-state index contributed by atoms with van der Waals surface area (Å²) in [5.74, 6) is 0.493. The Kier molecular flexibility index (Phi) is 4.72. The minimum absolute atomic E-state index is 0.0501. The lowest BCUT2D eigenvalue weighted by atomic mass is 9.83. The van der Waals surface area contributed by atoms with E-state index in [1.165, 1.54) is 12.8 Å². The van der Waals surface area contributed by atoms with Crippen molar-refractivity contribution >= 4 is 17.5 Å². The molecule has 2 heterocycles. The highest BCUT2D eigenvalue weighted by atomic mass is 16.2. The number of carbonyl (C=O) groups excluding carboxylic acids is 2. The van der Waals surface area contributed by atoms with Gasteiger partial charge in [0, 0.05) is 26.2 Å². The van der Waals surface area contributed by atoms with Crippen molar-refractivity contribution in [3.05, 3.63) is 47.8 Å². The van der Waals surface area contributed by atoms with E-state index in [1.54, 1.807) is 18.1 Å². The summed E-state index contributed by atoms with van der Waals surface area (Å²) < 4.78 is 1.90.